The summed E-state index contributed by atoms with van der Waals surface area (Å²) in [5.41, 5.74) is 0.332. The minimum absolute atomic E-state index is 0. The van der Waals surface area contributed by atoms with Crippen molar-refractivity contribution < 1.29 is 13.2 Å². The largest absolute Gasteiger partial charge is 0.434 e. The molecule has 1 aliphatic heterocycles. The standard InChI is InChI=1S/C17H20F3N5S.HI/c1-21-16(22-9-15-24-14(11-26-15)17(18,19)20)23-12-7-8-25(10-12)13-5-3-2-4-6-13;/h2-6,11-12H,7-10H2,1H3,(H2,21,22,23);1H. The maximum absolute atomic E-state index is 12.6. The fraction of sp³-hybridized carbons (Fsp3) is 0.412. The van der Waals surface area contributed by atoms with Crippen LogP contribution in [-0.2, 0) is 12.7 Å². The lowest BCUT2D eigenvalue weighted by Crippen LogP contribution is -2.44. The number of thiazole rings is 1. The zero-order chi connectivity index (χ0) is 18.6. The van der Waals surface area contributed by atoms with E-state index >= 15 is 0 Å². The number of hydrogen-bond donors (Lipinski definition) is 2. The van der Waals surface area contributed by atoms with Crippen molar-refractivity contribution in [2.24, 2.45) is 4.99 Å². The number of nitrogens with zero attached hydrogens (tertiary/aromatic N) is 3. The summed E-state index contributed by atoms with van der Waals surface area (Å²) in [6.45, 7) is 2.00. The van der Waals surface area contributed by atoms with Crippen molar-refractivity contribution >= 4 is 47.0 Å². The van der Waals surface area contributed by atoms with Gasteiger partial charge in [0.25, 0.3) is 0 Å². The van der Waals surface area contributed by atoms with E-state index in [-0.39, 0.29) is 36.6 Å². The summed E-state index contributed by atoms with van der Waals surface area (Å²) in [6, 6.07) is 10.4. The molecule has 0 saturated carbocycles. The number of halogens is 4. The zero-order valence-corrected chi connectivity index (χ0v) is 17.8. The van der Waals surface area contributed by atoms with Crippen molar-refractivity contribution in [1.82, 2.24) is 15.6 Å². The third-order valence-electron chi connectivity index (χ3n) is 4.12. The van der Waals surface area contributed by atoms with Gasteiger partial charge in [0.1, 0.15) is 5.01 Å². The van der Waals surface area contributed by atoms with Crippen LogP contribution in [0.3, 0.4) is 0 Å². The summed E-state index contributed by atoms with van der Waals surface area (Å²) in [5, 5.41) is 7.76. The molecule has 0 bridgehead atoms. The van der Waals surface area contributed by atoms with E-state index in [0.717, 1.165) is 36.2 Å². The van der Waals surface area contributed by atoms with Gasteiger partial charge in [-0.25, -0.2) is 4.98 Å². The molecule has 2 heterocycles. The summed E-state index contributed by atoms with van der Waals surface area (Å²) in [7, 11) is 1.64. The van der Waals surface area contributed by atoms with E-state index in [9.17, 15) is 13.2 Å². The highest BCUT2D eigenvalue weighted by molar-refractivity contribution is 14.0. The van der Waals surface area contributed by atoms with Crippen LogP contribution in [0.5, 0.6) is 0 Å². The lowest BCUT2D eigenvalue weighted by atomic mass is 10.3. The molecule has 1 aliphatic rings. The molecule has 5 nitrogen and oxygen atoms in total. The van der Waals surface area contributed by atoms with Gasteiger partial charge < -0.3 is 15.5 Å². The first-order valence-corrected chi connectivity index (χ1v) is 9.12. The molecule has 1 atom stereocenters. The molecule has 148 valence electrons. The highest BCUT2D eigenvalue weighted by atomic mass is 127. The summed E-state index contributed by atoms with van der Waals surface area (Å²) in [5.74, 6) is 0.564. The van der Waals surface area contributed by atoms with Gasteiger partial charge in [0, 0.05) is 37.2 Å². The molecule has 1 fully saturated rings. The van der Waals surface area contributed by atoms with Crippen molar-refractivity contribution in [2.45, 2.75) is 25.2 Å². The monoisotopic (exact) mass is 511 g/mol. The molecular weight excluding hydrogens is 490 g/mol. The molecule has 27 heavy (non-hydrogen) atoms. The predicted molar refractivity (Wildman–Crippen MR) is 113 cm³/mol. The molecule has 2 aromatic rings. The Balaban J connectivity index is 0.00000261. The molecule has 10 heteroatoms. The fourth-order valence-corrected chi connectivity index (χ4v) is 3.56. The molecule has 0 spiro atoms. The smallest absolute Gasteiger partial charge is 0.369 e. The summed E-state index contributed by atoms with van der Waals surface area (Å²) in [6.07, 6.45) is -3.44. The SMILES string of the molecule is CN=C(NCc1nc(C(F)(F)F)cs1)NC1CCN(c2ccccc2)C1.I. The van der Waals surface area contributed by atoms with E-state index in [4.69, 9.17) is 0 Å². The number of aromatic nitrogens is 1. The Morgan fingerprint density at radius 1 is 1.33 bits per heavy atom. The number of guanidine groups is 1. The Morgan fingerprint density at radius 3 is 2.70 bits per heavy atom. The van der Waals surface area contributed by atoms with E-state index in [1.165, 1.54) is 5.69 Å². The second kappa shape index (κ2) is 9.58. The second-order valence-electron chi connectivity index (χ2n) is 5.96. The molecule has 1 aromatic carbocycles. The Morgan fingerprint density at radius 2 is 2.07 bits per heavy atom. The van der Waals surface area contributed by atoms with Crippen LogP contribution in [0.25, 0.3) is 0 Å². The number of rotatable bonds is 4. The lowest BCUT2D eigenvalue weighted by Gasteiger charge is -2.20. The van der Waals surface area contributed by atoms with Gasteiger partial charge >= 0.3 is 6.18 Å². The van der Waals surface area contributed by atoms with Gasteiger partial charge in [0.2, 0.25) is 0 Å². The highest BCUT2D eigenvalue weighted by Gasteiger charge is 2.33. The van der Waals surface area contributed by atoms with Crippen LogP contribution in [0.1, 0.15) is 17.1 Å². The van der Waals surface area contributed by atoms with Crippen molar-refractivity contribution in [1.29, 1.82) is 0 Å². The van der Waals surface area contributed by atoms with Crippen LogP contribution in [0.15, 0.2) is 40.7 Å². The Labute approximate surface area is 177 Å². The van der Waals surface area contributed by atoms with Crippen LogP contribution in [0, 0.1) is 0 Å². The summed E-state index contributed by atoms with van der Waals surface area (Å²) in [4.78, 5) is 10.1. The first kappa shape index (κ1) is 21.7. The third-order valence-corrected chi connectivity index (χ3v) is 4.97. The van der Waals surface area contributed by atoms with E-state index in [1.54, 1.807) is 7.05 Å². The molecule has 3 rings (SSSR count). The molecule has 0 amide bonds. The van der Waals surface area contributed by atoms with Gasteiger partial charge in [-0.15, -0.1) is 35.3 Å². The molecule has 1 aromatic heterocycles. The Bertz CT molecular complexity index is 751. The Hall–Kier alpha value is -1.56. The van der Waals surface area contributed by atoms with Crippen molar-refractivity contribution in [2.75, 3.05) is 25.0 Å². The van der Waals surface area contributed by atoms with Crippen molar-refractivity contribution in [3.63, 3.8) is 0 Å². The van der Waals surface area contributed by atoms with Crippen molar-refractivity contribution in [3.8, 4) is 0 Å². The van der Waals surface area contributed by atoms with E-state index < -0.39 is 11.9 Å². The van der Waals surface area contributed by atoms with Crippen molar-refractivity contribution in [3.05, 3.63) is 46.4 Å². The summed E-state index contributed by atoms with van der Waals surface area (Å²) >= 11 is 0.985. The predicted octanol–water partition coefficient (Wildman–Crippen LogP) is 3.72. The summed E-state index contributed by atoms with van der Waals surface area (Å²) < 4.78 is 37.8. The molecule has 1 saturated heterocycles. The molecule has 0 aliphatic carbocycles. The zero-order valence-electron chi connectivity index (χ0n) is 14.7. The number of benzene rings is 1. The first-order valence-electron chi connectivity index (χ1n) is 8.24. The van der Waals surface area contributed by atoms with Crippen LogP contribution >= 0.6 is 35.3 Å². The topological polar surface area (TPSA) is 52.6 Å². The maximum Gasteiger partial charge on any atom is 0.434 e. The van der Waals surface area contributed by atoms with Gasteiger partial charge in [-0.05, 0) is 18.6 Å². The normalized spacial score (nSPS) is 17.6. The Kier molecular flexibility index (Phi) is 7.71. The molecule has 0 radical (unpaired) electrons. The van der Waals surface area contributed by atoms with Crippen LogP contribution < -0.4 is 15.5 Å². The van der Waals surface area contributed by atoms with E-state index in [2.05, 4.69) is 37.6 Å². The van der Waals surface area contributed by atoms with E-state index in [0.29, 0.717) is 11.0 Å². The average molecular weight is 511 g/mol. The van der Waals surface area contributed by atoms with Gasteiger partial charge in [0.05, 0.1) is 6.54 Å². The minimum Gasteiger partial charge on any atom is -0.369 e. The van der Waals surface area contributed by atoms with Crippen LogP contribution in [-0.4, -0.2) is 37.1 Å². The van der Waals surface area contributed by atoms with Crippen LogP contribution in [0.2, 0.25) is 0 Å². The molecular formula is C17H21F3IN5S. The average Bonchev–Trinajstić information content (AvgIpc) is 3.28. The number of para-hydroxylation sites is 1. The number of anilines is 1. The van der Waals surface area contributed by atoms with Gasteiger partial charge in [-0.3, -0.25) is 4.99 Å². The van der Waals surface area contributed by atoms with Crippen LogP contribution in [0.4, 0.5) is 18.9 Å². The third kappa shape index (κ3) is 5.96. The number of aliphatic imine (C=N–C) groups is 1. The molecule has 2 N–H and O–H groups in total. The number of alkyl halides is 3. The van der Waals surface area contributed by atoms with E-state index in [1.807, 2.05) is 18.2 Å². The fourth-order valence-electron chi connectivity index (χ4n) is 2.82. The molecule has 1 unspecified atom stereocenters. The maximum atomic E-state index is 12.6. The lowest BCUT2D eigenvalue weighted by molar-refractivity contribution is -0.140. The van der Waals surface area contributed by atoms with Gasteiger partial charge in [-0.2, -0.15) is 13.2 Å². The number of nitrogens with one attached hydrogen (secondary N) is 2. The number of hydrogen-bond acceptors (Lipinski definition) is 4. The minimum atomic E-state index is -4.40. The van der Waals surface area contributed by atoms with Gasteiger partial charge in [0.15, 0.2) is 11.7 Å². The van der Waals surface area contributed by atoms with Gasteiger partial charge in [-0.1, -0.05) is 18.2 Å². The first-order chi connectivity index (χ1) is 12.5. The highest BCUT2D eigenvalue weighted by Crippen LogP contribution is 2.29. The quantitative estimate of drug-likeness (QED) is 0.374. The second-order valence-corrected chi connectivity index (χ2v) is 6.90.